The third kappa shape index (κ3) is 34.6. The molecule has 42 nitrogen and oxygen atoms in total. The van der Waals surface area contributed by atoms with E-state index in [2.05, 4.69) is 63.8 Å². The van der Waals surface area contributed by atoms with Crippen molar-refractivity contribution in [1.82, 2.24) is 68.7 Å². The molecule has 0 aromatic heterocycles. The number of carbonyl (C=O) groups is 19. The minimum atomic E-state index is -2.15. The normalized spacial score (nSPS) is 24.1. The largest absolute Gasteiger partial charge is 0.508 e. The fourth-order valence-corrected chi connectivity index (χ4v) is 15.4. The summed E-state index contributed by atoms with van der Waals surface area (Å²) >= 11 is 0. The highest BCUT2D eigenvalue weighted by molar-refractivity contribution is 8.76. The van der Waals surface area contributed by atoms with Gasteiger partial charge in [-0.25, -0.2) is 0 Å². The Labute approximate surface area is 721 Å². The van der Waals surface area contributed by atoms with Gasteiger partial charge in [0, 0.05) is 63.0 Å². The maximum absolute atomic E-state index is 15.1. The molecule has 0 spiro atoms. The number of carbonyl (C=O) groups excluding carboxylic acids is 15. The highest BCUT2D eigenvalue weighted by Gasteiger charge is 2.43. The summed E-state index contributed by atoms with van der Waals surface area (Å²) in [5.41, 5.74) is 24.5. The lowest BCUT2D eigenvalue weighted by atomic mass is 9.96. The number of nitrogens with one attached hydrogen (secondary N) is 12. The van der Waals surface area contributed by atoms with Gasteiger partial charge in [-0.3, -0.25) is 91.1 Å². The zero-order valence-electron chi connectivity index (χ0n) is 69.0. The molecule has 44 heteroatoms. The van der Waals surface area contributed by atoms with Crippen LogP contribution in [0, 0.1) is 11.8 Å². The monoisotopic (exact) mass is 1780 g/mol. The van der Waals surface area contributed by atoms with Crippen LogP contribution in [0.25, 0.3) is 0 Å². The van der Waals surface area contributed by atoms with E-state index in [4.69, 9.17) is 22.9 Å². The number of carboxylic acids is 4. The Hall–Kier alpha value is -12.2. The first kappa shape index (κ1) is 102. The van der Waals surface area contributed by atoms with Gasteiger partial charge in [-0.1, -0.05) is 117 Å². The van der Waals surface area contributed by atoms with Crippen LogP contribution in [0.15, 0.2) is 78.9 Å². The first-order valence-electron chi connectivity index (χ1n) is 40.4. The Bertz CT molecular complexity index is 4250. The van der Waals surface area contributed by atoms with E-state index in [0.717, 1.165) is 26.5 Å². The van der Waals surface area contributed by atoms with Gasteiger partial charge >= 0.3 is 23.9 Å². The number of fused-ring (bicyclic) bond motifs is 1. The van der Waals surface area contributed by atoms with Crippen LogP contribution >= 0.6 is 21.6 Å². The van der Waals surface area contributed by atoms with Gasteiger partial charge < -0.3 is 122 Å². The van der Waals surface area contributed by atoms with Gasteiger partial charge in [0.25, 0.3) is 0 Å². The van der Waals surface area contributed by atoms with Crippen LogP contribution in [0.3, 0.4) is 0 Å². The molecule has 0 unspecified atom stereocenters. The van der Waals surface area contributed by atoms with Crippen LogP contribution in [0.5, 0.6) is 11.5 Å². The van der Waals surface area contributed by atoms with Crippen molar-refractivity contribution in [3.8, 4) is 11.5 Å². The van der Waals surface area contributed by atoms with Gasteiger partial charge in [0.2, 0.25) is 88.6 Å². The van der Waals surface area contributed by atoms with E-state index in [0.29, 0.717) is 18.4 Å². The maximum atomic E-state index is 15.1. The summed E-state index contributed by atoms with van der Waals surface area (Å²) in [6, 6.07) is -5.72. The number of hydrogen-bond acceptors (Lipinski definition) is 25. The number of carboxylic acid groups (broad SMARTS) is 4. The van der Waals surface area contributed by atoms with Gasteiger partial charge in [0.15, 0.2) is 0 Å². The molecule has 15 amide bonds. The van der Waals surface area contributed by atoms with Crippen molar-refractivity contribution >= 4 is 134 Å². The van der Waals surface area contributed by atoms with Crippen LogP contribution in [0.1, 0.15) is 147 Å². The Balaban J connectivity index is 1.69. The number of primary amides is 2. The predicted molar refractivity (Wildman–Crippen MR) is 447 cm³/mol. The predicted octanol–water partition coefficient (Wildman–Crippen LogP) is -3.30. The number of hydrogen-bond donors (Lipinski definition) is 22. The quantitative estimate of drug-likeness (QED) is 0.0222. The van der Waals surface area contributed by atoms with E-state index in [9.17, 15) is 112 Å². The van der Waals surface area contributed by atoms with E-state index in [1.807, 2.05) is 0 Å². The minimum absolute atomic E-state index is 0.00738. The number of phenols is 2. The average Bonchev–Trinajstić information content (AvgIpc) is 1.64. The standard InChI is InChI=1S/C80H113N17O25S2/c1-5-41(3)65-78(120)89-52(27-31-62(103)104)70(112)91-55(36-44-17-21-46(98)22-18-44)75(117)96-66(42(4)6-2)79(121)94-58(76(118)85-49(67(84)109)15-10-11-33-81)40-124-123-39-48(82)68(110)90-54(35-43-13-8-7-9-14-43)73(115)87-50(25-29-60(83)100)69(111)86-51(26-30-61(101)102)71(113)93-57(37-45-19-23-47(99)24-20-45)80(122)97-34-12-16-59(97)77(119)92-56(38-64(107)108)74(116)88-53(72(114)95-65)28-32-63(105)106/h7-9,13-14,17-24,41-42,48-59,65-66,98-99H,5-6,10-12,15-16,25-40,81-82H2,1-4H3,(H2,83,100)(H2,84,109)(H,85,118)(H,86,111)(H,87,115)(H,88,116)(H,89,120)(H,90,110)(H,91,112)(H,92,119)(H,93,113)(H,94,121)(H,95,114)(H,96,117)(H,101,102)(H,103,104)(H,105,106)(H,107,108)/t41-,42-,48-,49-,50-,51-,52-,53-,54-,55-,56-,57-,58-,59-,65-,66-/m0/s1. The maximum Gasteiger partial charge on any atom is 0.305 e. The molecule has 2 aliphatic rings. The smallest absolute Gasteiger partial charge is 0.305 e. The summed E-state index contributed by atoms with van der Waals surface area (Å²) in [5.74, 6) is -25.9. The second kappa shape index (κ2) is 51.7. The lowest BCUT2D eigenvalue weighted by Crippen LogP contribution is -2.62. The van der Waals surface area contributed by atoms with Crippen molar-refractivity contribution in [2.75, 3.05) is 24.6 Å². The number of nitrogens with zero attached hydrogens (tertiary/aromatic N) is 1. The SMILES string of the molecule is CC[C@H](C)[C@@H]1NC(=O)[C@H](Cc2ccc(O)cc2)NC(=O)[C@H](CCC(=O)O)NC(=O)[C@H]([C@@H](C)CC)NC(=O)[C@H](CCC(=O)O)NC(=O)[C@H](CC(=O)O)NC(=O)[C@@H]2CCCN2C(=O)[C@H](Cc2ccc(O)cc2)NC(=O)[C@H](CCC(=O)O)NC(=O)[C@H](CCC(N)=O)NC(=O)[C@H](Cc2ccccc2)NC(=O)[C@@H](N)CSSC[C@@H](C(=O)N[C@@H](CCCCN)C(N)=O)NC1=O. The number of amides is 15. The topological polar surface area (TPSA) is 697 Å². The van der Waals surface area contributed by atoms with Gasteiger partial charge in [0.05, 0.1) is 12.5 Å². The lowest BCUT2D eigenvalue weighted by molar-refractivity contribution is -0.144. The third-order valence-electron chi connectivity index (χ3n) is 20.6. The molecule has 2 saturated heterocycles. The molecule has 2 fully saturated rings. The van der Waals surface area contributed by atoms with Crippen LogP contribution < -0.4 is 86.7 Å². The molecule has 5 rings (SSSR count). The average molecular weight is 1780 g/mol. The fourth-order valence-electron chi connectivity index (χ4n) is 13.1. The van der Waals surface area contributed by atoms with Gasteiger partial charge in [-0.15, -0.1) is 0 Å². The molecule has 2 heterocycles. The third-order valence-corrected chi connectivity index (χ3v) is 23.1. The van der Waals surface area contributed by atoms with E-state index in [1.54, 1.807) is 51.1 Å². The molecule has 124 heavy (non-hydrogen) atoms. The van der Waals surface area contributed by atoms with Crippen molar-refractivity contribution in [1.29, 1.82) is 0 Å². The highest BCUT2D eigenvalue weighted by Crippen LogP contribution is 2.26. The van der Waals surface area contributed by atoms with Crippen LogP contribution in [-0.4, -0.2) is 257 Å². The van der Waals surface area contributed by atoms with E-state index in [-0.39, 0.29) is 85.7 Å². The fraction of sp³-hybridized carbons (Fsp3) is 0.537. The first-order chi connectivity index (χ1) is 58.7. The molecule has 2 aliphatic heterocycles. The summed E-state index contributed by atoms with van der Waals surface area (Å²) in [5, 5.41) is 90.2. The molecule has 0 bridgehead atoms. The Morgan fingerprint density at radius 1 is 0.460 bits per heavy atom. The van der Waals surface area contributed by atoms with Crippen molar-refractivity contribution in [3.63, 3.8) is 0 Å². The zero-order chi connectivity index (χ0) is 92.0. The molecule has 3 aromatic carbocycles. The minimum Gasteiger partial charge on any atom is -0.508 e. The van der Waals surface area contributed by atoms with Crippen molar-refractivity contribution < 1.29 is 122 Å². The van der Waals surface area contributed by atoms with Gasteiger partial charge in [0.1, 0.15) is 90.0 Å². The number of nitrogens with two attached hydrogens (primary N) is 4. The van der Waals surface area contributed by atoms with Crippen molar-refractivity contribution in [3.05, 3.63) is 95.6 Å². The summed E-state index contributed by atoms with van der Waals surface area (Å²) in [4.78, 5) is 267. The summed E-state index contributed by atoms with van der Waals surface area (Å²) < 4.78 is 0. The van der Waals surface area contributed by atoms with Crippen molar-refractivity contribution in [2.24, 2.45) is 34.8 Å². The second-order valence-corrected chi connectivity index (χ2v) is 32.8. The molecule has 16 atom stereocenters. The molecular formula is C80H113N17O25S2. The summed E-state index contributed by atoms with van der Waals surface area (Å²) in [6.45, 7) is 6.19. The lowest BCUT2D eigenvalue weighted by Gasteiger charge is -2.31. The van der Waals surface area contributed by atoms with Crippen LogP contribution in [-0.2, 0) is 110 Å². The van der Waals surface area contributed by atoms with E-state index < -0.39 is 280 Å². The number of aromatic hydroxyl groups is 2. The molecule has 680 valence electrons. The molecule has 0 radical (unpaired) electrons. The number of unbranched alkanes of at least 4 members (excludes halogenated alkanes) is 1. The summed E-state index contributed by atoms with van der Waals surface area (Å²) in [7, 11) is 1.77. The zero-order valence-corrected chi connectivity index (χ0v) is 70.7. The molecular weight excluding hydrogens is 1660 g/mol. The first-order valence-corrected chi connectivity index (χ1v) is 42.9. The Kier molecular flexibility index (Phi) is 42.7. The Morgan fingerprint density at radius 2 is 0.847 bits per heavy atom. The van der Waals surface area contributed by atoms with Crippen LogP contribution in [0.2, 0.25) is 0 Å². The van der Waals surface area contributed by atoms with Crippen molar-refractivity contribution in [2.45, 2.75) is 234 Å². The molecule has 3 aromatic rings. The molecule has 0 saturated carbocycles. The van der Waals surface area contributed by atoms with E-state index in [1.165, 1.54) is 55.5 Å². The number of phenolic OH excluding ortho intramolecular Hbond substituents is 2. The van der Waals surface area contributed by atoms with Crippen LogP contribution in [0.4, 0.5) is 0 Å². The second-order valence-electron chi connectivity index (χ2n) is 30.2. The molecule has 26 N–H and O–H groups in total. The molecule has 0 aliphatic carbocycles. The summed E-state index contributed by atoms with van der Waals surface area (Å²) in [6.07, 6.45) is -7.53. The van der Waals surface area contributed by atoms with E-state index >= 15 is 9.59 Å². The van der Waals surface area contributed by atoms with Gasteiger partial charge in [-0.05, 0) is 117 Å². The number of aliphatic carboxylic acids is 4. The van der Waals surface area contributed by atoms with Gasteiger partial charge in [-0.2, -0.15) is 0 Å². The Morgan fingerprint density at radius 3 is 1.30 bits per heavy atom. The highest BCUT2D eigenvalue weighted by atomic mass is 33.1. The number of rotatable bonds is 31. The number of benzene rings is 3.